The van der Waals surface area contributed by atoms with E-state index in [0.29, 0.717) is 5.75 Å². The summed E-state index contributed by atoms with van der Waals surface area (Å²) < 4.78 is 0. The van der Waals surface area contributed by atoms with Crippen LogP contribution in [0.2, 0.25) is 0 Å². The lowest BCUT2D eigenvalue weighted by Gasteiger charge is -2.30. The maximum atomic E-state index is 11.9. The molecule has 1 aliphatic carbocycles. The minimum Gasteiger partial charge on any atom is -0.354 e. The number of nitrogens with one attached hydrogen (secondary N) is 1. The molecule has 0 unspecified atom stereocenters. The zero-order valence-electron chi connectivity index (χ0n) is 12.4. The number of amides is 1. The molecule has 1 aromatic carbocycles. The first-order chi connectivity index (χ1) is 9.77. The molecule has 110 valence electrons. The maximum Gasteiger partial charge on any atom is 0.230 e. The minimum atomic E-state index is 0.173. The Bertz CT molecular complexity index is 412. The molecule has 0 aliphatic heterocycles. The molecule has 1 saturated carbocycles. The Hall–Kier alpha value is -0.960. The van der Waals surface area contributed by atoms with Crippen LogP contribution in [0.3, 0.4) is 0 Å². The van der Waals surface area contributed by atoms with Crippen LogP contribution in [0.15, 0.2) is 30.3 Å². The van der Waals surface area contributed by atoms with Gasteiger partial charge >= 0.3 is 0 Å². The van der Waals surface area contributed by atoms with Crippen LogP contribution in [-0.4, -0.2) is 24.0 Å². The summed E-state index contributed by atoms with van der Waals surface area (Å²) >= 11 is 1.73. The molecule has 0 atom stereocenters. The van der Waals surface area contributed by atoms with Crippen LogP contribution in [0.4, 0.5) is 0 Å². The van der Waals surface area contributed by atoms with Gasteiger partial charge in [-0.15, -0.1) is 0 Å². The Morgan fingerprint density at radius 3 is 2.60 bits per heavy atom. The van der Waals surface area contributed by atoms with Gasteiger partial charge in [0.2, 0.25) is 5.91 Å². The highest BCUT2D eigenvalue weighted by Gasteiger charge is 2.35. The maximum absolute atomic E-state index is 11.9. The average molecular weight is 291 g/mol. The second-order valence-corrected chi connectivity index (χ2v) is 6.79. The summed E-state index contributed by atoms with van der Waals surface area (Å²) in [5, 5.41) is 3.16. The molecule has 0 heterocycles. The normalized spacial score (nSPS) is 17.1. The average Bonchev–Trinajstić information content (AvgIpc) is 2.97. The number of benzene rings is 1. The van der Waals surface area contributed by atoms with Crippen LogP contribution in [0.25, 0.3) is 0 Å². The molecule has 20 heavy (non-hydrogen) atoms. The molecule has 0 saturated heterocycles. The zero-order chi connectivity index (χ0) is 14.3. The minimum absolute atomic E-state index is 0.173. The first-order valence-corrected chi connectivity index (χ1v) is 8.82. The van der Waals surface area contributed by atoms with E-state index in [1.165, 1.54) is 31.2 Å². The van der Waals surface area contributed by atoms with Crippen molar-refractivity contribution in [3.05, 3.63) is 35.9 Å². The van der Waals surface area contributed by atoms with E-state index in [0.717, 1.165) is 18.7 Å². The van der Waals surface area contributed by atoms with Crippen LogP contribution in [0.5, 0.6) is 0 Å². The van der Waals surface area contributed by atoms with E-state index >= 15 is 0 Å². The molecule has 0 aromatic heterocycles. The zero-order valence-corrected chi connectivity index (χ0v) is 13.2. The van der Waals surface area contributed by atoms with E-state index in [-0.39, 0.29) is 11.3 Å². The van der Waals surface area contributed by atoms with Crippen molar-refractivity contribution in [1.82, 2.24) is 5.32 Å². The van der Waals surface area contributed by atoms with Crippen LogP contribution >= 0.6 is 11.8 Å². The van der Waals surface area contributed by atoms with Crippen molar-refractivity contribution in [3.63, 3.8) is 0 Å². The molecule has 1 aliphatic rings. The lowest BCUT2D eigenvalue weighted by molar-refractivity contribution is -0.118. The summed E-state index contributed by atoms with van der Waals surface area (Å²) in [4.78, 5) is 11.9. The lowest BCUT2D eigenvalue weighted by atomic mass is 9.79. The highest BCUT2D eigenvalue weighted by atomic mass is 32.2. The molecule has 1 N–H and O–H groups in total. The van der Waals surface area contributed by atoms with Gasteiger partial charge in [-0.1, -0.05) is 50.1 Å². The molecule has 2 rings (SSSR count). The van der Waals surface area contributed by atoms with Crippen LogP contribution < -0.4 is 5.32 Å². The van der Waals surface area contributed by atoms with E-state index in [4.69, 9.17) is 0 Å². The first kappa shape index (κ1) is 15.4. The molecule has 3 heteroatoms. The fraction of sp³-hybridized carbons (Fsp3) is 0.588. The predicted octanol–water partition coefficient (Wildman–Crippen LogP) is 3.76. The SMILES string of the molecule is CCCSCC(=O)NCC1(c2ccccc2)CCCC1. The third-order valence-corrected chi connectivity index (χ3v) is 5.32. The molecule has 2 nitrogen and oxygen atoms in total. The van der Waals surface area contributed by atoms with Crippen molar-refractivity contribution >= 4 is 17.7 Å². The van der Waals surface area contributed by atoms with Gasteiger partial charge in [0.1, 0.15) is 0 Å². The van der Waals surface area contributed by atoms with Gasteiger partial charge in [-0.05, 0) is 30.6 Å². The van der Waals surface area contributed by atoms with Gasteiger partial charge < -0.3 is 5.32 Å². The molecule has 0 spiro atoms. The second kappa shape index (κ2) is 7.72. The van der Waals surface area contributed by atoms with Gasteiger partial charge in [0, 0.05) is 12.0 Å². The van der Waals surface area contributed by atoms with E-state index in [2.05, 4.69) is 42.6 Å². The van der Waals surface area contributed by atoms with E-state index in [9.17, 15) is 4.79 Å². The van der Waals surface area contributed by atoms with Crippen LogP contribution in [0, 0.1) is 0 Å². The Kier molecular flexibility index (Phi) is 5.96. The number of rotatable bonds is 7. The smallest absolute Gasteiger partial charge is 0.230 e. The molecule has 1 fully saturated rings. The third-order valence-electron chi connectivity index (χ3n) is 4.15. The summed E-state index contributed by atoms with van der Waals surface area (Å²) in [6, 6.07) is 10.7. The number of hydrogen-bond donors (Lipinski definition) is 1. The first-order valence-electron chi connectivity index (χ1n) is 7.67. The van der Waals surface area contributed by atoms with E-state index in [1.54, 1.807) is 11.8 Å². The molecule has 0 bridgehead atoms. The van der Waals surface area contributed by atoms with Gasteiger partial charge in [0.05, 0.1) is 5.75 Å². The van der Waals surface area contributed by atoms with Crippen molar-refractivity contribution < 1.29 is 4.79 Å². The quantitative estimate of drug-likeness (QED) is 0.775. The topological polar surface area (TPSA) is 29.1 Å². The number of hydrogen-bond acceptors (Lipinski definition) is 2. The van der Waals surface area contributed by atoms with Crippen molar-refractivity contribution in [2.75, 3.05) is 18.1 Å². The van der Waals surface area contributed by atoms with Gasteiger partial charge in [0.25, 0.3) is 0 Å². The molecular formula is C17H25NOS. The largest absolute Gasteiger partial charge is 0.354 e. The van der Waals surface area contributed by atoms with Gasteiger partial charge in [-0.2, -0.15) is 11.8 Å². The molecular weight excluding hydrogens is 266 g/mol. The van der Waals surface area contributed by atoms with E-state index in [1.807, 2.05) is 0 Å². The van der Waals surface area contributed by atoms with Gasteiger partial charge in [0.15, 0.2) is 0 Å². The lowest BCUT2D eigenvalue weighted by Crippen LogP contribution is -2.39. The van der Waals surface area contributed by atoms with Gasteiger partial charge in [-0.3, -0.25) is 4.79 Å². The van der Waals surface area contributed by atoms with Crippen molar-refractivity contribution in [1.29, 1.82) is 0 Å². The summed E-state index contributed by atoms with van der Waals surface area (Å²) in [6.07, 6.45) is 6.06. The van der Waals surface area contributed by atoms with Crippen LogP contribution in [-0.2, 0) is 10.2 Å². The Morgan fingerprint density at radius 2 is 1.95 bits per heavy atom. The Balaban J connectivity index is 1.92. The molecule has 1 amide bonds. The summed E-state index contributed by atoms with van der Waals surface area (Å²) in [5.74, 6) is 1.85. The fourth-order valence-electron chi connectivity index (χ4n) is 3.04. The van der Waals surface area contributed by atoms with Crippen LogP contribution in [0.1, 0.15) is 44.6 Å². The summed E-state index contributed by atoms with van der Waals surface area (Å²) in [7, 11) is 0. The van der Waals surface area contributed by atoms with Gasteiger partial charge in [-0.25, -0.2) is 0 Å². The number of carbonyl (C=O) groups excluding carboxylic acids is 1. The highest BCUT2D eigenvalue weighted by molar-refractivity contribution is 7.99. The molecule has 0 radical (unpaired) electrons. The van der Waals surface area contributed by atoms with Crippen molar-refractivity contribution in [2.24, 2.45) is 0 Å². The van der Waals surface area contributed by atoms with E-state index < -0.39 is 0 Å². The Labute approximate surface area is 126 Å². The highest BCUT2D eigenvalue weighted by Crippen LogP contribution is 2.40. The number of carbonyl (C=O) groups is 1. The number of thioether (sulfide) groups is 1. The fourth-order valence-corrected chi connectivity index (χ4v) is 3.76. The standard InChI is InChI=1S/C17H25NOS/c1-2-12-20-13-16(19)18-14-17(10-6-7-11-17)15-8-4-3-5-9-15/h3-5,8-9H,2,6-7,10-14H2,1H3,(H,18,19). The monoisotopic (exact) mass is 291 g/mol. The Morgan fingerprint density at radius 1 is 1.25 bits per heavy atom. The third kappa shape index (κ3) is 4.02. The van der Waals surface area contributed by atoms with Crippen molar-refractivity contribution in [2.45, 2.75) is 44.4 Å². The summed E-state index contributed by atoms with van der Waals surface area (Å²) in [5.41, 5.74) is 1.56. The predicted molar refractivity (Wildman–Crippen MR) is 87.2 cm³/mol. The van der Waals surface area contributed by atoms with Crippen molar-refractivity contribution in [3.8, 4) is 0 Å². The second-order valence-electron chi connectivity index (χ2n) is 5.68. The molecule has 1 aromatic rings. The summed E-state index contributed by atoms with van der Waals surface area (Å²) in [6.45, 7) is 2.94.